The Morgan fingerprint density at radius 2 is 2.04 bits per heavy atom. The fourth-order valence-electron chi connectivity index (χ4n) is 2.31. The molecule has 1 aliphatic heterocycles. The van der Waals surface area contributed by atoms with Crippen LogP contribution in [0.1, 0.15) is 10.4 Å². The van der Waals surface area contributed by atoms with Gasteiger partial charge in [0.25, 0.3) is 0 Å². The zero-order chi connectivity index (χ0) is 16.9. The number of rotatable bonds is 7. The molecule has 0 saturated carbocycles. The van der Waals surface area contributed by atoms with E-state index < -0.39 is 10.0 Å². The molecule has 1 aromatic rings. The van der Waals surface area contributed by atoms with Crippen LogP contribution < -0.4 is 9.46 Å². The van der Waals surface area contributed by atoms with E-state index in [1.807, 2.05) is 0 Å². The second-order valence-corrected chi connectivity index (χ2v) is 7.35. The van der Waals surface area contributed by atoms with Crippen molar-refractivity contribution in [2.24, 2.45) is 0 Å². The van der Waals surface area contributed by atoms with Gasteiger partial charge in [0.2, 0.25) is 15.9 Å². The first kappa shape index (κ1) is 17.6. The maximum absolute atomic E-state index is 12.3. The highest BCUT2D eigenvalue weighted by atomic mass is 32.2. The normalized spacial score (nSPS) is 17.0. The van der Waals surface area contributed by atoms with Crippen molar-refractivity contribution in [1.29, 1.82) is 0 Å². The number of nitrogens with one attached hydrogen (secondary N) is 1. The Bertz CT molecular complexity index is 642. The van der Waals surface area contributed by atoms with Gasteiger partial charge in [0.05, 0.1) is 12.9 Å². The van der Waals surface area contributed by atoms with Gasteiger partial charge in [-0.3, -0.25) is 14.4 Å². The number of piperazine rings is 1. The van der Waals surface area contributed by atoms with Crippen molar-refractivity contribution in [1.82, 2.24) is 14.8 Å². The molecule has 0 aliphatic carbocycles. The molecule has 9 heteroatoms. The Morgan fingerprint density at radius 3 is 2.65 bits per heavy atom. The minimum absolute atomic E-state index is 0.0226. The highest BCUT2D eigenvalue weighted by molar-refractivity contribution is 7.92. The van der Waals surface area contributed by atoms with Crippen molar-refractivity contribution >= 4 is 22.0 Å². The highest BCUT2D eigenvalue weighted by Gasteiger charge is 2.19. The van der Waals surface area contributed by atoms with Gasteiger partial charge in [-0.25, -0.2) is 13.4 Å². The number of hydrogen-bond donors (Lipinski definition) is 1. The van der Waals surface area contributed by atoms with Gasteiger partial charge in [-0.05, 0) is 13.1 Å². The minimum Gasteiger partial charge on any atom is -0.480 e. The summed E-state index contributed by atoms with van der Waals surface area (Å²) in [5, 5.41) is 0. The molecule has 1 saturated heterocycles. The number of aromatic nitrogens is 1. The van der Waals surface area contributed by atoms with Gasteiger partial charge in [0.1, 0.15) is 5.69 Å². The molecule has 0 aromatic carbocycles. The fraction of sp³-hybridized carbons (Fsp3) is 0.571. The Labute approximate surface area is 136 Å². The van der Waals surface area contributed by atoms with Crippen molar-refractivity contribution in [3.05, 3.63) is 17.8 Å². The van der Waals surface area contributed by atoms with Gasteiger partial charge in [-0.1, -0.05) is 0 Å². The van der Waals surface area contributed by atoms with Crippen molar-refractivity contribution in [2.45, 2.75) is 0 Å². The van der Waals surface area contributed by atoms with Gasteiger partial charge in [-0.2, -0.15) is 0 Å². The number of anilines is 1. The van der Waals surface area contributed by atoms with Gasteiger partial charge in [0.15, 0.2) is 6.29 Å². The fourth-order valence-corrected chi connectivity index (χ4v) is 3.39. The van der Waals surface area contributed by atoms with Crippen molar-refractivity contribution in [2.75, 3.05) is 57.4 Å². The molecule has 0 radical (unpaired) electrons. The van der Waals surface area contributed by atoms with E-state index in [0.29, 0.717) is 12.8 Å². The number of aldehydes is 1. The summed E-state index contributed by atoms with van der Waals surface area (Å²) in [6.45, 7) is 4.06. The Morgan fingerprint density at radius 1 is 1.35 bits per heavy atom. The van der Waals surface area contributed by atoms with Gasteiger partial charge >= 0.3 is 0 Å². The van der Waals surface area contributed by atoms with Crippen LogP contribution in [-0.4, -0.2) is 82.1 Å². The number of likely N-dealkylation sites (N-methyl/N-ethyl adjacent to an activating group) is 1. The lowest BCUT2D eigenvalue weighted by atomic mass is 10.3. The van der Waals surface area contributed by atoms with Gasteiger partial charge in [0, 0.05) is 44.5 Å². The predicted molar refractivity (Wildman–Crippen MR) is 87.5 cm³/mol. The average Bonchev–Trinajstić information content (AvgIpc) is 2.54. The van der Waals surface area contributed by atoms with Crippen molar-refractivity contribution in [3.8, 4) is 5.88 Å². The molecule has 2 rings (SSSR count). The lowest BCUT2D eigenvalue weighted by Gasteiger charge is -2.32. The molecule has 0 unspecified atom stereocenters. The van der Waals surface area contributed by atoms with E-state index in [2.05, 4.69) is 26.6 Å². The molecule has 0 bridgehead atoms. The third kappa shape index (κ3) is 5.15. The lowest BCUT2D eigenvalue weighted by Crippen LogP contribution is -2.46. The maximum Gasteiger partial charge on any atom is 0.238 e. The van der Waals surface area contributed by atoms with Crippen LogP contribution in [0.5, 0.6) is 5.88 Å². The van der Waals surface area contributed by atoms with Crippen LogP contribution in [0.2, 0.25) is 0 Å². The number of carbonyl (C=O) groups excluding carboxylic acids is 1. The third-order valence-electron chi connectivity index (χ3n) is 3.74. The number of nitrogens with zero attached hydrogens (tertiary/aromatic N) is 3. The van der Waals surface area contributed by atoms with Crippen molar-refractivity contribution < 1.29 is 17.9 Å². The van der Waals surface area contributed by atoms with E-state index in [9.17, 15) is 13.2 Å². The van der Waals surface area contributed by atoms with Crippen LogP contribution in [0.15, 0.2) is 12.3 Å². The summed E-state index contributed by atoms with van der Waals surface area (Å²) in [6, 6.07) is 1.41. The number of sulfonamides is 1. The lowest BCUT2D eigenvalue weighted by molar-refractivity contribution is 0.112. The number of hydrogen-bond acceptors (Lipinski definition) is 7. The Hall–Kier alpha value is -1.71. The van der Waals surface area contributed by atoms with Crippen LogP contribution in [0, 0.1) is 0 Å². The molecule has 8 nitrogen and oxygen atoms in total. The molecule has 23 heavy (non-hydrogen) atoms. The molecule has 1 fully saturated rings. The molecular formula is C14H22N4O4S. The number of ether oxygens (including phenoxy) is 1. The Balaban J connectivity index is 1.99. The second-order valence-electron chi connectivity index (χ2n) is 5.51. The first-order chi connectivity index (χ1) is 10.9. The first-order valence-corrected chi connectivity index (χ1v) is 8.99. The molecule has 2 heterocycles. The predicted octanol–water partition coefficient (Wildman–Crippen LogP) is -0.108. The van der Waals surface area contributed by atoms with E-state index in [0.717, 1.165) is 26.2 Å². The molecular weight excluding hydrogens is 320 g/mol. The van der Waals surface area contributed by atoms with Crippen LogP contribution in [-0.2, 0) is 10.0 Å². The summed E-state index contributed by atoms with van der Waals surface area (Å²) in [6.07, 6.45) is 1.93. The molecule has 0 atom stereocenters. The standard InChI is InChI=1S/C14H22N4O4S/c1-17-3-5-18(6-4-17)7-8-23(20,21)16-13-9-12(11-19)10-15-14(13)22-2/h9-11,16H,3-8H2,1-2H3. The van der Waals surface area contributed by atoms with E-state index in [4.69, 9.17) is 4.74 Å². The van der Waals surface area contributed by atoms with Crippen LogP contribution in [0.3, 0.4) is 0 Å². The average molecular weight is 342 g/mol. The summed E-state index contributed by atoms with van der Waals surface area (Å²) in [4.78, 5) is 19.1. The molecule has 0 spiro atoms. The topological polar surface area (TPSA) is 91.8 Å². The first-order valence-electron chi connectivity index (χ1n) is 7.34. The molecule has 0 amide bonds. The van der Waals surface area contributed by atoms with E-state index >= 15 is 0 Å². The SMILES string of the molecule is COc1ncc(C=O)cc1NS(=O)(=O)CCN1CCN(C)CC1. The molecule has 1 aromatic heterocycles. The number of carbonyl (C=O) groups is 1. The highest BCUT2D eigenvalue weighted by Crippen LogP contribution is 2.23. The summed E-state index contributed by atoms with van der Waals surface area (Å²) in [5.41, 5.74) is 0.457. The van der Waals surface area contributed by atoms with Gasteiger partial charge < -0.3 is 9.64 Å². The summed E-state index contributed by atoms with van der Waals surface area (Å²) < 4.78 is 32.0. The molecule has 1 N–H and O–H groups in total. The summed E-state index contributed by atoms with van der Waals surface area (Å²) in [7, 11) is -0.102. The number of methoxy groups -OCH3 is 1. The summed E-state index contributed by atoms with van der Waals surface area (Å²) >= 11 is 0. The number of pyridine rings is 1. The van der Waals surface area contributed by atoms with Crippen LogP contribution >= 0.6 is 0 Å². The van der Waals surface area contributed by atoms with Gasteiger partial charge in [-0.15, -0.1) is 0 Å². The zero-order valence-electron chi connectivity index (χ0n) is 13.4. The monoisotopic (exact) mass is 342 g/mol. The van der Waals surface area contributed by atoms with Crippen LogP contribution in [0.25, 0.3) is 0 Å². The van der Waals surface area contributed by atoms with E-state index in [1.54, 1.807) is 0 Å². The zero-order valence-corrected chi connectivity index (χ0v) is 14.2. The summed E-state index contributed by atoms with van der Waals surface area (Å²) in [5.74, 6) is 0.115. The molecule has 128 valence electrons. The minimum atomic E-state index is -3.55. The quantitative estimate of drug-likeness (QED) is 0.691. The maximum atomic E-state index is 12.3. The Kier molecular flexibility index (Phi) is 5.91. The second kappa shape index (κ2) is 7.71. The molecule has 1 aliphatic rings. The largest absolute Gasteiger partial charge is 0.480 e. The van der Waals surface area contributed by atoms with Crippen LogP contribution in [0.4, 0.5) is 5.69 Å². The van der Waals surface area contributed by atoms with Crippen molar-refractivity contribution in [3.63, 3.8) is 0 Å². The van der Waals surface area contributed by atoms with E-state index in [1.165, 1.54) is 19.4 Å². The third-order valence-corrected chi connectivity index (χ3v) is 4.99. The van der Waals surface area contributed by atoms with E-state index in [-0.39, 0.29) is 22.9 Å². The smallest absolute Gasteiger partial charge is 0.238 e.